The molecule has 2 saturated heterocycles. The van der Waals surface area contributed by atoms with Crippen molar-refractivity contribution in [2.24, 2.45) is 0 Å². The van der Waals surface area contributed by atoms with Crippen LogP contribution >= 0.6 is 24.0 Å². The van der Waals surface area contributed by atoms with E-state index in [4.69, 9.17) is 17.0 Å². The van der Waals surface area contributed by atoms with Crippen molar-refractivity contribution in [2.75, 3.05) is 49.1 Å². The standard InChI is InChI=1S/C23H26FN5O3S2/c1-16(30)26-13-19-14-29(22(31)32-19)18-2-3-21(20(24)12-18)27-8-10-28(11-9-27)23(33)34-15-17-4-6-25-7-5-17/h2-7,12,19H,8-11,13-15H2,1H3,(H,26,30)/t19-/m0/s1. The zero-order valence-electron chi connectivity index (χ0n) is 18.8. The summed E-state index contributed by atoms with van der Waals surface area (Å²) in [4.78, 5) is 32.8. The first-order chi connectivity index (χ1) is 16.4. The predicted octanol–water partition coefficient (Wildman–Crippen LogP) is 3.02. The third-order valence-electron chi connectivity index (χ3n) is 5.69. The fourth-order valence-electron chi connectivity index (χ4n) is 3.86. The molecule has 2 aliphatic rings. The van der Waals surface area contributed by atoms with Crippen molar-refractivity contribution in [1.29, 1.82) is 0 Å². The number of carbonyl (C=O) groups excluding carboxylic acids is 2. The van der Waals surface area contributed by atoms with Gasteiger partial charge >= 0.3 is 6.09 Å². The summed E-state index contributed by atoms with van der Waals surface area (Å²) >= 11 is 7.22. The molecule has 2 aliphatic heterocycles. The van der Waals surface area contributed by atoms with Crippen LogP contribution in [0, 0.1) is 5.82 Å². The van der Waals surface area contributed by atoms with Crippen LogP contribution in [0.25, 0.3) is 0 Å². The van der Waals surface area contributed by atoms with Crippen LogP contribution < -0.4 is 15.1 Å². The van der Waals surface area contributed by atoms with Gasteiger partial charge in [-0.25, -0.2) is 9.18 Å². The number of hydrogen-bond donors (Lipinski definition) is 1. The number of anilines is 2. The second-order valence-corrected chi connectivity index (χ2v) is 9.68. The molecule has 2 fully saturated rings. The third-order valence-corrected chi connectivity index (χ3v) is 7.28. The van der Waals surface area contributed by atoms with E-state index in [2.05, 4.69) is 15.2 Å². The molecule has 8 nitrogen and oxygen atoms in total. The highest BCUT2D eigenvalue weighted by Gasteiger charge is 2.33. The summed E-state index contributed by atoms with van der Waals surface area (Å²) < 4.78 is 21.1. The number of cyclic esters (lactones) is 1. The lowest BCUT2D eigenvalue weighted by atomic mass is 10.2. The van der Waals surface area contributed by atoms with E-state index < -0.39 is 18.0 Å². The smallest absolute Gasteiger partial charge is 0.414 e. The minimum atomic E-state index is -0.547. The lowest BCUT2D eigenvalue weighted by Gasteiger charge is -2.37. The molecule has 4 rings (SSSR count). The van der Waals surface area contributed by atoms with Crippen molar-refractivity contribution >= 4 is 51.7 Å². The van der Waals surface area contributed by atoms with Crippen molar-refractivity contribution in [2.45, 2.75) is 18.8 Å². The number of hydrogen-bond acceptors (Lipinski definition) is 7. The minimum absolute atomic E-state index is 0.196. The van der Waals surface area contributed by atoms with Gasteiger partial charge in [-0.1, -0.05) is 24.0 Å². The first-order valence-electron chi connectivity index (χ1n) is 11.0. The van der Waals surface area contributed by atoms with Crippen LogP contribution in [0.3, 0.4) is 0 Å². The molecule has 0 radical (unpaired) electrons. The van der Waals surface area contributed by atoms with Crippen LogP contribution in [0.4, 0.5) is 20.6 Å². The zero-order valence-corrected chi connectivity index (χ0v) is 20.4. The van der Waals surface area contributed by atoms with E-state index in [0.29, 0.717) is 37.6 Å². The Bertz CT molecular complexity index is 1050. The van der Waals surface area contributed by atoms with Crippen molar-refractivity contribution in [1.82, 2.24) is 15.2 Å². The van der Waals surface area contributed by atoms with E-state index >= 15 is 4.39 Å². The maximum atomic E-state index is 15.0. The van der Waals surface area contributed by atoms with Crippen LogP contribution in [0.1, 0.15) is 12.5 Å². The Labute approximate surface area is 207 Å². The Kier molecular flexibility index (Phi) is 7.84. The summed E-state index contributed by atoms with van der Waals surface area (Å²) in [5.41, 5.74) is 2.11. The third kappa shape index (κ3) is 5.95. The highest BCUT2D eigenvalue weighted by atomic mass is 32.2. The van der Waals surface area contributed by atoms with E-state index in [1.165, 1.54) is 23.5 Å². The van der Waals surface area contributed by atoms with E-state index in [9.17, 15) is 9.59 Å². The van der Waals surface area contributed by atoms with Gasteiger partial charge in [0.1, 0.15) is 16.2 Å². The van der Waals surface area contributed by atoms with Crippen LogP contribution in [0.5, 0.6) is 0 Å². The lowest BCUT2D eigenvalue weighted by molar-refractivity contribution is -0.119. The quantitative estimate of drug-likeness (QED) is 0.603. The number of piperazine rings is 1. The predicted molar refractivity (Wildman–Crippen MR) is 135 cm³/mol. The number of benzene rings is 1. The van der Waals surface area contributed by atoms with Gasteiger partial charge in [0.15, 0.2) is 0 Å². The molecule has 1 aromatic carbocycles. The molecule has 0 unspecified atom stereocenters. The van der Waals surface area contributed by atoms with Crippen molar-refractivity contribution in [3.63, 3.8) is 0 Å². The van der Waals surface area contributed by atoms with Gasteiger partial charge in [-0.05, 0) is 35.9 Å². The van der Waals surface area contributed by atoms with Crippen LogP contribution in [0.2, 0.25) is 0 Å². The van der Waals surface area contributed by atoms with Gasteiger partial charge in [0.2, 0.25) is 5.91 Å². The fraction of sp³-hybridized carbons (Fsp3) is 0.391. The van der Waals surface area contributed by atoms with Crippen LogP contribution in [-0.4, -0.2) is 71.6 Å². The Morgan fingerprint density at radius 3 is 2.65 bits per heavy atom. The van der Waals surface area contributed by atoms with E-state index in [0.717, 1.165) is 10.1 Å². The molecule has 11 heteroatoms. The number of nitrogens with one attached hydrogen (secondary N) is 1. The van der Waals surface area contributed by atoms with Crippen LogP contribution in [0.15, 0.2) is 42.7 Å². The Morgan fingerprint density at radius 1 is 1.24 bits per heavy atom. The van der Waals surface area contributed by atoms with Gasteiger partial charge in [-0.2, -0.15) is 0 Å². The summed E-state index contributed by atoms with van der Waals surface area (Å²) in [5.74, 6) is 0.208. The number of aromatic nitrogens is 1. The van der Waals surface area contributed by atoms with Crippen molar-refractivity contribution in [3.05, 3.63) is 54.1 Å². The minimum Gasteiger partial charge on any atom is -0.442 e. The Morgan fingerprint density at radius 2 is 1.97 bits per heavy atom. The molecule has 0 bridgehead atoms. The maximum Gasteiger partial charge on any atom is 0.414 e. The number of halogens is 1. The molecule has 2 amide bonds. The molecule has 0 aliphatic carbocycles. The second kappa shape index (κ2) is 11.0. The number of carbonyl (C=O) groups is 2. The van der Waals surface area contributed by atoms with Gasteiger partial charge in [-0.15, -0.1) is 0 Å². The summed E-state index contributed by atoms with van der Waals surface area (Å²) in [6, 6.07) is 8.74. The largest absolute Gasteiger partial charge is 0.442 e. The number of amides is 2. The highest BCUT2D eigenvalue weighted by Crippen LogP contribution is 2.29. The number of pyridine rings is 1. The van der Waals surface area contributed by atoms with Crippen molar-refractivity contribution < 1.29 is 18.7 Å². The zero-order chi connectivity index (χ0) is 24.1. The maximum absolute atomic E-state index is 15.0. The second-order valence-electron chi connectivity index (χ2n) is 8.07. The van der Waals surface area contributed by atoms with E-state index in [1.54, 1.807) is 36.3 Å². The Hall–Kier alpha value is -2.92. The first kappa shape index (κ1) is 24.2. The van der Waals surface area contributed by atoms with Gasteiger partial charge in [0.05, 0.1) is 24.5 Å². The number of thiocarbonyl (C=S) groups is 1. The lowest BCUT2D eigenvalue weighted by Crippen LogP contribution is -2.47. The number of nitrogens with zero attached hydrogens (tertiary/aromatic N) is 4. The Balaban J connectivity index is 1.30. The summed E-state index contributed by atoms with van der Waals surface area (Å²) in [6.07, 6.45) is 2.53. The molecule has 1 atom stereocenters. The molecule has 34 heavy (non-hydrogen) atoms. The van der Waals surface area contributed by atoms with Gasteiger partial charge in [0, 0.05) is 51.2 Å². The molecular weight excluding hydrogens is 477 g/mol. The van der Waals surface area contributed by atoms with Gasteiger partial charge < -0.3 is 19.9 Å². The number of thioether (sulfide) groups is 1. The SMILES string of the molecule is CC(=O)NC[C@H]1CN(c2ccc(N3CCN(C(=S)SCc4ccncc4)CC3)c(F)c2)C(=O)O1. The summed E-state index contributed by atoms with van der Waals surface area (Å²) in [7, 11) is 0. The molecular formula is C23H26FN5O3S2. The van der Waals surface area contributed by atoms with Gasteiger partial charge in [0.25, 0.3) is 0 Å². The molecule has 0 spiro atoms. The van der Waals surface area contributed by atoms with Crippen LogP contribution in [-0.2, 0) is 15.3 Å². The monoisotopic (exact) mass is 503 g/mol. The molecule has 3 heterocycles. The van der Waals surface area contributed by atoms with Gasteiger partial charge in [-0.3, -0.25) is 14.7 Å². The number of rotatable bonds is 6. The highest BCUT2D eigenvalue weighted by molar-refractivity contribution is 8.22. The molecule has 180 valence electrons. The topological polar surface area (TPSA) is 78.0 Å². The molecule has 2 aromatic rings. The normalized spacial score (nSPS) is 18.1. The van der Waals surface area contributed by atoms with E-state index in [-0.39, 0.29) is 19.0 Å². The number of ether oxygens (including phenoxy) is 1. The summed E-state index contributed by atoms with van der Waals surface area (Å²) in [6.45, 7) is 4.61. The van der Waals surface area contributed by atoms with Crippen molar-refractivity contribution in [3.8, 4) is 0 Å². The first-order valence-corrected chi connectivity index (χ1v) is 12.4. The molecule has 1 N–H and O–H groups in total. The fourth-order valence-corrected chi connectivity index (χ4v) is 5.07. The average Bonchev–Trinajstić information content (AvgIpc) is 3.22. The average molecular weight is 504 g/mol. The van der Waals surface area contributed by atoms with E-state index in [1.807, 2.05) is 17.0 Å². The molecule has 0 saturated carbocycles. The molecule has 1 aromatic heterocycles. The summed E-state index contributed by atoms with van der Waals surface area (Å²) in [5, 5.41) is 2.63.